The third kappa shape index (κ3) is 4.06. The number of aliphatic hydroxyl groups is 3. The van der Waals surface area contributed by atoms with Crippen molar-refractivity contribution in [2.24, 2.45) is 22.7 Å². The molecule has 0 aromatic heterocycles. The van der Waals surface area contributed by atoms with Gasteiger partial charge < -0.3 is 30.5 Å². The number of hydrogen-bond acceptors (Lipinski definition) is 8. The summed E-state index contributed by atoms with van der Waals surface area (Å²) in [6.45, 7) is 2.30. The Bertz CT molecular complexity index is 1680. The number of ketones is 2. The molecule has 46 heavy (non-hydrogen) atoms. The second-order valence-electron chi connectivity index (χ2n) is 14.1. The van der Waals surface area contributed by atoms with Gasteiger partial charge in [-0.15, -0.1) is 0 Å². The Kier molecular flexibility index (Phi) is 7.23. The van der Waals surface area contributed by atoms with Crippen molar-refractivity contribution in [3.8, 4) is 0 Å². The summed E-state index contributed by atoms with van der Waals surface area (Å²) in [4.78, 5) is 25.9. The number of halogens is 2. The zero-order chi connectivity index (χ0) is 32.8. The zero-order valence-electron chi connectivity index (χ0n) is 25.8. The van der Waals surface area contributed by atoms with Crippen molar-refractivity contribution in [2.75, 3.05) is 12.3 Å². The standard InChI is InChI=1S/C36H39F2NO7/c1-33-9-8-23(42)13-26(33)27(37)14-25-24-15-31-36(30(44)18-41,34(24,2)16-29(43)35(25,33)38)46-32(45-31)21-5-3-4-19(11-21)10-20-6-7-22(17-40)28(39)12-20/h3-9,11-13,24-25,27,29,31-32,40-41,43H,10,14-18,39H2,1-2H3/t24-,25-,27-,29-,31+,32+,33-,34-,35-,36+/m0/s1. The first kappa shape index (κ1) is 31.3. The molecule has 4 aliphatic carbocycles. The molecule has 0 bridgehead atoms. The predicted molar refractivity (Wildman–Crippen MR) is 164 cm³/mol. The number of carbonyl (C=O) groups is 2. The quantitative estimate of drug-likeness (QED) is 0.350. The molecule has 1 heterocycles. The van der Waals surface area contributed by atoms with Crippen molar-refractivity contribution < 1.29 is 43.2 Å². The number of Topliss-reactive ketones (excluding diaryl/α,β-unsaturated/α-hetero) is 1. The van der Waals surface area contributed by atoms with Gasteiger partial charge in [0.2, 0.25) is 0 Å². The summed E-state index contributed by atoms with van der Waals surface area (Å²) >= 11 is 0. The minimum atomic E-state index is -2.31. The number of carbonyl (C=O) groups excluding carboxylic acids is 2. The predicted octanol–water partition coefficient (Wildman–Crippen LogP) is 3.99. The fourth-order valence-electron chi connectivity index (χ4n) is 9.70. The van der Waals surface area contributed by atoms with Crippen LogP contribution in [0.1, 0.15) is 61.7 Å². The SMILES string of the molecule is C[C@]12C=CC(=O)C=C1[C@@H](F)C[C@H]1[C@@H]3C[C@H]4O[C@@H](c5cccc(Cc6ccc(CO)c(N)c6)c5)O[C@@]4(C(=O)CO)[C@@]3(C)C[C@H](O)[C@@]12F. The van der Waals surface area contributed by atoms with Gasteiger partial charge in [-0.1, -0.05) is 49.4 Å². The van der Waals surface area contributed by atoms with Crippen LogP contribution in [0.3, 0.4) is 0 Å². The van der Waals surface area contributed by atoms with E-state index < -0.39 is 76.8 Å². The van der Waals surface area contributed by atoms with Gasteiger partial charge in [-0.05, 0) is 73.4 Å². The van der Waals surface area contributed by atoms with Gasteiger partial charge in [0, 0.05) is 33.6 Å². The van der Waals surface area contributed by atoms with Crippen LogP contribution >= 0.6 is 0 Å². The van der Waals surface area contributed by atoms with Crippen molar-refractivity contribution in [2.45, 2.75) is 82.1 Å². The number of rotatable bonds is 6. The molecule has 244 valence electrons. The largest absolute Gasteiger partial charge is 0.398 e. The third-order valence-electron chi connectivity index (χ3n) is 11.9. The second kappa shape index (κ2) is 10.6. The van der Waals surface area contributed by atoms with Gasteiger partial charge >= 0.3 is 0 Å². The fraction of sp³-hybridized carbons (Fsp3) is 0.500. The Labute approximate surface area is 265 Å². The Morgan fingerprint density at radius 2 is 1.85 bits per heavy atom. The molecule has 8 nitrogen and oxygen atoms in total. The molecular formula is C36H39F2NO7. The fourth-order valence-corrected chi connectivity index (χ4v) is 9.70. The maximum absolute atomic E-state index is 17.6. The van der Waals surface area contributed by atoms with Crippen LogP contribution in [0, 0.1) is 22.7 Å². The number of anilines is 1. The Balaban J connectivity index is 1.22. The number of nitrogens with two attached hydrogens (primary N) is 1. The summed E-state index contributed by atoms with van der Waals surface area (Å²) in [5.41, 5.74) is 2.99. The zero-order valence-corrected chi connectivity index (χ0v) is 25.8. The lowest BCUT2D eigenvalue weighted by molar-refractivity contribution is -0.235. The average molecular weight is 636 g/mol. The number of nitrogen functional groups attached to an aromatic ring is 1. The number of aliphatic hydroxyl groups excluding tert-OH is 3. The van der Waals surface area contributed by atoms with Gasteiger partial charge in [0.1, 0.15) is 12.8 Å². The molecule has 5 aliphatic rings. The molecule has 2 aromatic rings. The molecule has 1 saturated heterocycles. The van der Waals surface area contributed by atoms with Crippen LogP contribution in [0.25, 0.3) is 0 Å². The van der Waals surface area contributed by atoms with E-state index in [9.17, 15) is 24.9 Å². The maximum Gasteiger partial charge on any atom is 0.193 e. The topological polar surface area (TPSA) is 139 Å². The number of allylic oxidation sites excluding steroid dienone is 4. The lowest BCUT2D eigenvalue weighted by Crippen LogP contribution is -2.70. The van der Waals surface area contributed by atoms with Crippen molar-refractivity contribution in [1.29, 1.82) is 0 Å². The van der Waals surface area contributed by atoms with E-state index in [0.717, 1.165) is 17.2 Å². The van der Waals surface area contributed by atoms with E-state index in [1.54, 1.807) is 13.0 Å². The smallest absolute Gasteiger partial charge is 0.193 e. The number of fused-ring (bicyclic) bond motifs is 7. The first-order chi connectivity index (χ1) is 21.8. The molecule has 4 fully saturated rings. The van der Waals surface area contributed by atoms with Crippen molar-refractivity contribution >= 4 is 17.3 Å². The molecule has 0 unspecified atom stereocenters. The van der Waals surface area contributed by atoms with Gasteiger partial charge in [-0.25, -0.2) is 8.78 Å². The number of alkyl halides is 2. The van der Waals surface area contributed by atoms with E-state index in [-0.39, 0.29) is 31.4 Å². The molecule has 0 radical (unpaired) electrons. The molecule has 7 rings (SSSR count). The molecular weight excluding hydrogens is 596 g/mol. The van der Waals surface area contributed by atoms with E-state index in [4.69, 9.17) is 15.2 Å². The van der Waals surface area contributed by atoms with Crippen LogP contribution in [-0.2, 0) is 32.1 Å². The average Bonchev–Trinajstić information content (AvgIpc) is 3.53. The van der Waals surface area contributed by atoms with Crippen molar-refractivity contribution in [1.82, 2.24) is 0 Å². The second-order valence-corrected chi connectivity index (χ2v) is 14.1. The Morgan fingerprint density at radius 3 is 2.57 bits per heavy atom. The summed E-state index contributed by atoms with van der Waals surface area (Å²) in [6.07, 6.45) is -1.07. The van der Waals surface area contributed by atoms with Gasteiger partial charge in [0.15, 0.2) is 29.1 Å². The Morgan fingerprint density at radius 1 is 1.09 bits per heavy atom. The van der Waals surface area contributed by atoms with Gasteiger partial charge in [0.25, 0.3) is 0 Å². The normalized spacial score (nSPS) is 40.9. The molecule has 0 amide bonds. The summed E-state index contributed by atoms with van der Waals surface area (Å²) in [5, 5.41) is 31.4. The lowest BCUT2D eigenvalue weighted by atomic mass is 9.44. The van der Waals surface area contributed by atoms with Crippen LogP contribution in [-0.4, -0.2) is 63.1 Å². The lowest BCUT2D eigenvalue weighted by Gasteiger charge is -2.63. The summed E-state index contributed by atoms with van der Waals surface area (Å²) < 4.78 is 46.5. The number of ether oxygens (including phenoxy) is 2. The molecule has 0 spiro atoms. The first-order valence-corrected chi connectivity index (χ1v) is 15.8. The molecule has 10 atom stereocenters. The van der Waals surface area contributed by atoms with Gasteiger partial charge in [0.05, 0.1) is 18.8 Å². The highest BCUT2D eigenvalue weighted by atomic mass is 19.1. The summed E-state index contributed by atoms with van der Waals surface area (Å²) in [6, 6.07) is 13.0. The highest BCUT2D eigenvalue weighted by Gasteiger charge is 2.80. The third-order valence-corrected chi connectivity index (χ3v) is 11.9. The monoisotopic (exact) mass is 635 g/mol. The minimum absolute atomic E-state index is 0.0280. The van der Waals surface area contributed by atoms with E-state index in [1.165, 1.54) is 19.1 Å². The molecule has 1 aliphatic heterocycles. The van der Waals surface area contributed by atoms with E-state index in [2.05, 4.69) is 0 Å². The van der Waals surface area contributed by atoms with Crippen LogP contribution < -0.4 is 5.73 Å². The van der Waals surface area contributed by atoms with Crippen LogP contribution in [0.4, 0.5) is 14.5 Å². The highest BCUT2D eigenvalue weighted by Crippen LogP contribution is 2.72. The molecule has 3 saturated carbocycles. The van der Waals surface area contributed by atoms with E-state index >= 15 is 8.78 Å². The maximum atomic E-state index is 17.6. The van der Waals surface area contributed by atoms with Crippen molar-refractivity contribution in [3.63, 3.8) is 0 Å². The Hall–Kier alpha value is -3.28. The number of hydrogen-bond donors (Lipinski definition) is 4. The van der Waals surface area contributed by atoms with E-state index in [1.807, 2.05) is 36.4 Å². The van der Waals surface area contributed by atoms with Crippen LogP contribution in [0.2, 0.25) is 0 Å². The molecule has 2 aromatic carbocycles. The molecule has 5 N–H and O–H groups in total. The van der Waals surface area contributed by atoms with Gasteiger partial charge in [-0.2, -0.15) is 0 Å². The number of benzene rings is 2. The van der Waals surface area contributed by atoms with E-state index in [0.29, 0.717) is 23.2 Å². The first-order valence-electron chi connectivity index (χ1n) is 15.8. The van der Waals surface area contributed by atoms with Crippen LogP contribution in [0.15, 0.2) is 66.3 Å². The van der Waals surface area contributed by atoms with Gasteiger partial charge in [-0.3, -0.25) is 9.59 Å². The summed E-state index contributed by atoms with van der Waals surface area (Å²) in [7, 11) is 0. The summed E-state index contributed by atoms with van der Waals surface area (Å²) in [5.74, 6) is -2.68. The highest BCUT2D eigenvalue weighted by molar-refractivity contribution is 6.01. The van der Waals surface area contributed by atoms with Crippen LogP contribution in [0.5, 0.6) is 0 Å². The van der Waals surface area contributed by atoms with Crippen molar-refractivity contribution in [3.05, 3.63) is 88.5 Å². The minimum Gasteiger partial charge on any atom is -0.398 e. The molecule has 10 heteroatoms.